The Hall–Kier alpha value is -1.73. The van der Waals surface area contributed by atoms with Crippen LogP contribution in [0.15, 0.2) is 14.6 Å². The van der Waals surface area contributed by atoms with Gasteiger partial charge < -0.3 is 0 Å². The predicted octanol–water partition coefficient (Wildman–Crippen LogP) is 3.04. The second-order valence-electron chi connectivity index (χ2n) is 1.40. The van der Waals surface area contributed by atoms with Crippen molar-refractivity contribution < 1.29 is 0 Å². The number of hydrogen-bond acceptors (Lipinski definition) is 2. The topological polar surface area (TPSA) is 138 Å². The molecule has 0 aromatic heterocycles. The summed E-state index contributed by atoms with van der Waals surface area (Å²) in [7, 11) is -2.84. The van der Waals surface area contributed by atoms with E-state index in [1.807, 2.05) is 0 Å². The summed E-state index contributed by atoms with van der Waals surface area (Å²) < 4.78 is 0. The first-order chi connectivity index (χ1) is 5.18. The normalized spacial score (nSPS) is 12.7. The van der Waals surface area contributed by atoms with Crippen molar-refractivity contribution in [1.82, 2.24) is 0 Å². The first-order valence-corrected chi connectivity index (χ1v) is 4.34. The average Bonchev–Trinajstić information content (AvgIpc) is 1.88. The molecular formula is CH3N9P+. The van der Waals surface area contributed by atoms with E-state index >= 15 is 0 Å². The van der Waals surface area contributed by atoms with E-state index in [1.165, 1.54) is 6.66 Å². The number of diazo groups is 1. The molecule has 0 heterocycles. The summed E-state index contributed by atoms with van der Waals surface area (Å²) in [6.45, 7) is 1.30. The van der Waals surface area contributed by atoms with Gasteiger partial charge in [-0.2, -0.15) is 0 Å². The van der Waals surface area contributed by atoms with E-state index in [-0.39, 0.29) is 0 Å². The summed E-state index contributed by atoms with van der Waals surface area (Å²) in [6.07, 6.45) is 0. The van der Waals surface area contributed by atoms with Crippen LogP contribution in [0, 0.1) is 5.39 Å². The summed E-state index contributed by atoms with van der Waals surface area (Å²) in [5.41, 5.74) is 15.9. The van der Waals surface area contributed by atoms with E-state index < -0.39 is 7.36 Å². The average molecular weight is 172 g/mol. The molecule has 9 nitrogen and oxygen atoms in total. The van der Waals surface area contributed by atoms with Crippen molar-refractivity contribution >= 4 is 7.36 Å². The number of rotatable bonds is 2. The van der Waals surface area contributed by atoms with Gasteiger partial charge in [0.25, 0.3) is 5.39 Å². The second-order valence-corrected chi connectivity index (χ2v) is 3.68. The Labute approximate surface area is 61.0 Å². The Kier molecular flexibility index (Phi) is 3.49. The Morgan fingerprint density at radius 1 is 1.27 bits per heavy atom. The third-order valence-corrected chi connectivity index (χ3v) is 1.88. The molecule has 0 aliphatic heterocycles. The zero-order valence-corrected chi connectivity index (χ0v) is 6.37. The molecule has 0 saturated carbocycles. The van der Waals surface area contributed by atoms with Gasteiger partial charge in [-0.25, -0.2) is 0 Å². The molecule has 0 N–H and O–H groups in total. The third kappa shape index (κ3) is 3.08. The van der Waals surface area contributed by atoms with Crippen molar-refractivity contribution in [2.75, 3.05) is 6.66 Å². The van der Waals surface area contributed by atoms with Crippen LogP contribution in [0.4, 0.5) is 0 Å². The molecule has 0 bridgehead atoms. The number of hydrogen-bond donors (Lipinski definition) is 0. The van der Waals surface area contributed by atoms with Gasteiger partial charge in [-0.05, 0) is 27.5 Å². The van der Waals surface area contributed by atoms with Gasteiger partial charge >= 0.3 is 5.08 Å². The lowest BCUT2D eigenvalue weighted by atomic mass is 12.0. The minimum atomic E-state index is -2.84. The van der Waals surface area contributed by atoms with Gasteiger partial charge in [-0.3, -0.25) is 0 Å². The van der Waals surface area contributed by atoms with Crippen LogP contribution in [-0.2, 0) is 0 Å². The van der Waals surface area contributed by atoms with E-state index in [0.717, 1.165) is 0 Å². The van der Waals surface area contributed by atoms with Crippen LogP contribution in [0.1, 0.15) is 0 Å². The highest BCUT2D eigenvalue weighted by molar-refractivity contribution is 7.62. The zero-order chi connectivity index (χ0) is 8.74. The molecule has 0 aliphatic carbocycles. The molecule has 0 amide bonds. The van der Waals surface area contributed by atoms with E-state index in [9.17, 15) is 0 Å². The van der Waals surface area contributed by atoms with Crippen molar-refractivity contribution in [2.24, 2.45) is 14.6 Å². The van der Waals surface area contributed by atoms with Crippen LogP contribution in [-0.4, -0.2) is 6.66 Å². The van der Waals surface area contributed by atoms with Gasteiger partial charge in [0.05, 0.1) is 0 Å². The monoisotopic (exact) mass is 172 g/mol. The summed E-state index contributed by atoms with van der Waals surface area (Å²) in [5, 5.41) is 10.4. The van der Waals surface area contributed by atoms with Crippen LogP contribution >= 0.6 is 7.36 Å². The van der Waals surface area contributed by atoms with E-state index in [4.69, 9.17) is 16.5 Å². The molecule has 56 valence electrons. The first-order valence-electron chi connectivity index (χ1n) is 2.25. The highest BCUT2D eigenvalue weighted by atomic mass is 31.2. The lowest BCUT2D eigenvalue weighted by Gasteiger charge is -1.90. The summed E-state index contributed by atoms with van der Waals surface area (Å²) in [6, 6.07) is 0. The maximum Gasteiger partial charge on any atom is 0.337 e. The highest BCUT2D eigenvalue weighted by Gasteiger charge is 2.13. The Balaban J connectivity index is 5.17. The van der Waals surface area contributed by atoms with Gasteiger partial charge in [0.15, 0.2) is 4.85 Å². The first kappa shape index (κ1) is 9.27. The highest BCUT2D eigenvalue weighted by Crippen LogP contribution is 2.49. The largest absolute Gasteiger partial charge is 0.337 e. The molecule has 0 atom stereocenters. The molecule has 0 unspecified atom stereocenters. The van der Waals surface area contributed by atoms with Crippen LogP contribution < -0.4 is 0 Å². The minimum Gasteiger partial charge on any atom is -0.0398 e. The molecule has 0 radical (unpaired) electrons. The van der Waals surface area contributed by atoms with Gasteiger partial charge in [0, 0.05) is 9.82 Å². The standard InChI is InChI=1S/CH3N9P/c1-11(8-5-2,9-6-3)10-7-4/h1H3/q+1. The molecule has 10 heteroatoms. The van der Waals surface area contributed by atoms with Gasteiger partial charge in [-0.1, -0.05) is 0 Å². The fourth-order valence-corrected chi connectivity index (χ4v) is 0.843. The van der Waals surface area contributed by atoms with Crippen molar-refractivity contribution in [3.8, 4) is 0 Å². The van der Waals surface area contributed by atoms with Crippen LogP contribution in [0.2, 0.25) is 0 Å². The molecule has 0 aliphatic rings. The van der Waals surface area contributed by atoms with Crippen molar-refractivity contribution in [3.05, 3.63) is 26.0 Å². The van der Waals surface area contributed by atoms with E-state index in [0.29, 0.717) is 0 Å². The zero-order valence-electron chi connectivity index (χ0n) is 5.47. The van der Waals surface area contributed by atoms with Crippen LogP contribution in [0.5, 0.6) is 0 Å². The predicted molar refractivity (Wildman–Crippen MR) is 38.6 cm³/mol. The maximum atomic E-state index is 7.97. The molecular weight excluding hydrogens is 169 g/mol. The molecule has 0 fully saturated rings. The summed E-state index contributed by atoms with van der Waals surface area (Å²) in [4.78, 5) is 14.0. The van der Waals surface area contributed by atoms with Gasteiger partial charge in [0.1, 0.15) is 0 Å². The van der Waals surface area contributed by atoms with Gasteiger partial charge in [0.2, 0.25) is 7.36 Å². The maximum absolute atomic E-state index is 7.97. The van der Waals surface area contributed by atoms with Crippen molar-refractivity contribution in [2.45, 2.75) is 0 Å². The Bertz CT molecular complexity index is 296. The summed E-state index contributed by atoms with van der Waals surface area (Å²) >= 11 is 0. The SMILES string of the molecule is CP(N=[N+]=[N-])(N=[N+]=[N-])=N[N+]#N. The van der Waals surface area contributed by atoms with E-state index in [1.54, 1.807) is 0 Å². The van der Waals surface area contributed by atoms with Crippen LogP contribution in [0.25, 0.3) is 26.0 Å². The lowest BCUT2D eigenvalue weighted by molar-refractivity contribution is 1.34. The fourth-order valence-electron chi connectivity index (χ4n) is 0.281. The smallest absolute Gasteiger partial charge is 0.0398 e. The molecule has 0 aromatic carbocycles. The minimum absolute atomic E-state index is 1.30. The molecule has 0 rings (SSSR count). The third-order valence-electron chi connectivity index (χ3n) is 0.628. The van der Waals surface area contributed by atoms with Crippen molar-refractivity contribution in [3.63, 3.8) is 0 Å². The number of nitrogens with zero attached hydrogens (tertiary/aromatic N) is 9. The molecule has 11 heavy (non-hydrogen) atoms. The Morgan fingerprint density at radius 3 is 2.00 bits per heavy atom. The second kappa shape index (κ2) is 4.14. The van der Waals surface area contributed by atoms with Crippen LogP contribution in [0.3, 0.4) is 0 Å². The molecule has 0 saturated heterocycles. The Morgan fingerprint density at radius 2 is 1.73 bits per heavy atom. The molecule has 0 aromatic rings. The molecule has 0 spiro atoms. The lowest BCUT2D eigenvalue weighted by Crippen LogP contribution is -1.61. The van der Waals surface area contributed by atoms with Gasteiger partial charge in [-0.15, -0.1) is 0 Å². The quantitative estimate of drug-likeness (QED) is 0.155. The summed E-state index contributed by atoms with van der Waals surface area (Å²) in [5.74, 6) is 0. The number of azide groups is 1. The van der Waals surface area contributed by atoms with Crippen molar-refractivity contribution in [1.29, 1.82) is 5.39 Å². The van der Waals surface area contributed by atoms with E-state index in [2.05, 4.69) is 29.5 Å². The fraction of sp³-hybridized carbons (Fsp3) is 1.00.